The molecule has 1 aliphatic rings. The number of benzene rings is 1. The van der Waals surface area contributed by atoms with Crippen molar-refractivity contribution in [3.05, 3.63) is 35.4 Å². The third kappa shape index (κ3) is 2.04. The van der Waals surface area contributed by atoms with Crippen LogP contribution in [0.1, 0.15) is 30.9 Å². The Morgan fingerprint density at radius 3 is 2.60 bits per heavy atom. The Morgan fingerprint density at radius 1 is 1.40 bits per heavy atom. The van der Waals surface area contributed by atoms with Gasteiger partial charge in [-0.3, -0.25) is 4.79 Å². The van der Waals surface area contributed by atoms with Crippen molar-refractivity contribution in [3.8, 4) is 0 Å². The van der Waals surface area contributed by atoms with Crippen LogP contribution in [0, 0.1) is 5.41 Å². The molecule has 80 valence electrons. The summed E-state index contributed by atoms with van der Waals surface area (Å²) in [5.74, 6) is -0.635. The topological polar surface area (TPSA) is 37.3 Å². The standard InChI is InChI=1S/C13H16O2/c1-2-10-4-3-5-11(8-10)9-13(6-7-13)12(14)15/h3-5,8H,2,6-7,9H2,1H3,(H,14,15). The van der Waals surface area contributed by atoms with E-state index >= 15 is 0 Å². The van der Waals surface area contributed by atoms with Crippen LogP contribution in [0.15, 0.2) is 24.3 Å². The maximum Gasteiger partial charge on any atom is 0.309 e. The monoisotopic (exact) mass is 204 g/mol. The minimum atomic E-state index is -0.635. The number of carboxylic acid groups (broad SMARTS) is 1. The summed E-state index contributed by atoms with van der Waals surface area (Å²) < 4.78 is 0. The van der Waals surface area contributed by atoms with Crippen LogP contribution in [-0.4, -0.2) is 11.1 Å². The number of rotatable bonds is 4. The first kappa shape index (κ1) is 10.2. The van der Waals surface area contributed by atoms with Crippen molar-refractivity contribution in [2.24, 2.45) is 5.41 Å². The van der Waals surface area contributed by atoms with Gasteiger partial charge in [0.2, 0.25) is 0 Å². The van der Waals surface area contributed by atoms with Crippen LogP contribution in [-0.2, 0) is 17.6 Å². The summed E-state index contributed by atoms with van der Waals surface area (Å²) in [6.45, 7) is 2.11. The molecule has 1 aliphatic carbocycles. The van der Waals surface area contributed by atoms with Gasteiger partial charge in [-0.1, -0.05) is 31.2 Å². The molecule has 1 saturated carbocycles. The highest BCUT2D eigenvalue weighted by molar-refractivity contribution is 5.78. The van der Waals surface area contributed by atoms with Gasteiger partial charge in [-0.2, -0.15) is 0 Å². The summed E-state index contributed by atoms with van der Waals surface area (Å²) in [5, 5.41) is 9.09. The Morgan fingerprint density at radius 2 is 2.07 bits per heavy atom. The zero-order chi connectivity index (χ0) is 10.9. The fourth-order valence-corrected chi connectivity index (χ4v) is 1.97. The molecule has 0 atom stereocenters. The molecular weight excluding hydrogens is 188 g/mol. The van der Waals surface area contributed by atoms with Gasteiger partial charge >= 0.3 is 5.97 Å². The summed E-state index contributed by atoms with van der Waals surface area (Å²) in [6.07, 6.45) is 3.36. The lowest BCUT2D eigenvalue weighted by Gasteiger charge is -2.10. The number of aliphatic carboxylic acids is 1. The van der Waals surface area contributed by atoms with Gasteiger partial charge in [-0.05, 0) is 36.8 Å². The summed E-state index contributed by atoms with van der Waals surface area (Å²) in [7, 11) is 0. The molecule has 0 aliphatic heterocycles. The van der Waals surface area contributed by atoms with E-state index in [1.54, 1.807) is 0 Å². The summed E-state index contributed by atoms with van der Waals surface area (Å²) in [4.78, 5) is 11.0. The Hall–Kier alpha value is -1.31. The van der Waals surface area contributed by atoms with E-state index in [-0.39, 0.29) is 0 Å². The lowest BCUT2D eigenvalue weighted by Crippen LogP contribution is -2.17. The Balaban J connectivity index is 2.14. The van der Waals surface area contributed by atoms with E-state index in [2.05, 4.69) is 19.1 Å². The largest absolute Gasteiger partial charge is 0.481 e. The van der Waals surface area contributed by atoms with Crippen molar-refractivity contribution >= 4 is 5.97 Å². The van der Waals surface area contributed by atoms with Crippen molar-refractivity contribution < 1.29 is 9.90 Å². The van der Waals surface area contributed by atoms with Crippen molar-refractivity contribution in [2.75, 3.05) is 0 Å². The Kier molecular flexibility index (Phi) is 2.51. The number of carbonyl (C=O) groups is 1. The first-order chi connectivity index (χ1) is 7.16. The molecule has 1 N–H and O–H groups in total. The lowest BCUT2D eigenvalue weighted by atomic mass is 9.95. The van der Waals surface area contributed by atoms with Gasteiger partial charge in [-0.15, -0.1) is 0 Å². The average molecular weight is 204 g/mol. The molecule has 0 radical (unpaired) electrons. The van der Waals surface area contributed by atoms with E-state index in [0.717, 1.165) is 24.8 Å². The molecule has 0 bridgehead atoms. The van der Waals surface area contributed by atoms with Crippen molar-refractivity contribution in [1.82, 2.24) is 0 Å². The van der Waals surface area contributed by atoms with E-state index in [1.165, 1.54) is 5.56 Å². The maximum atomic E-state index is 11.0. The molecule has 1 aromatic rings. The van der Waals surface area contributed by atoms with Crippen molar-refractivity contribution in [3.63, 3.8) is 0 Å². The molecule has 1 aromatic carbocycles. The van der Waals surface area contributed by atoms with E-state index in [0.29, 0.717) is 6.42 Å². The third-order valence-corrected chi connectivity index (χ3v) is 3.25. The number of carboxylic acids is 1. The van der Waals surface area contributed by atoms with Crippen LogP contribution in [0.2, 0.25) is 0 Å². The molecule has 0 amide bonds. The highest BCUT2D eigenvalue weighted by Gasteiger charge is 2.49. The Labute approximate surface area is 89.9 Å². The molecule has 0 aromatic heterocycles. The van der Waals surface area contributed by atoms with Crippen molar-refractivity contribution in [1.29, 1.82) is 0 Å². The summed E-state index contributed by atoms with van der Waals surface area (Å²) in [6, 6.07) is 8.26. The van der Waals surface area contributed by atoms with Gasteiger partial charge in [0.05, 0.1) is 5.41 Å². The molecule has 1 fully saturated rings. The molecule has 0 unspecified atom stereocenters. The minimum Gasteiger partial charge on any atom is -0.481 e. The quantitative estimate of drug-likeness (QED) is 0.818. The molecule has 0 heterocycles. The zero-order valence-electron chi connectivity index (χ0n) is 8.99. The predicted molar refractivity (Wildman–Crippen MR) is 58.8 cm³/mol. The number of aryl methyl sites for hydroxylation is 1. The third-order valence-electron chi connectivity index (χ3n) is 3.25. The van der Waals surface area contributed by atoms with Crippen LogP contribution in [0.3, 0.4) is 0 Å². The van der Waals surface area contributed by atoms with E-state index < -0.39 is 11.4 Å². The number of hydrogen-bond donors (Lipinski definition) is 1. The zero-order valence-corrected chi connectivity index (χ0v) is 8.99. The van der Waals surface area contributed by atoms with Gasteiger partial charge in [0, 0.05) is 0 Å². The smallest absolute Gasteiger partial charge is 0.309 e. The van der Waals surface area contributed by atoms with E-state index in [9.17, 15) is 4.79 Å². The Bertz CT molecular complexity index is 378. The first-order valence-electron chi connectivity index (χ1n) is 5.47. The highest BCUT2D eigenvalue weighted by atomic mass is 16.4. The molecule has 0 spiro atoms. The normalized spacial score (nSPS) is 17.4. The molecule has 15 heavy (non-hydrogen) atoms. The van der Waals surface area contributed by atoms with Gasteiger partial charge in [0.25, 0.3) is 0 Å². The van der Waals surface area contributed by atoms with E-state index in [4.69, 9.17) is 5.11 Å². The lowest BCUT2D eigenvalue weighted by molar-refractivity contribution is -0.143. The fraction of sp³-hybridized carbons (Fsp3) is 0.462. The molecular formula is C13H16O2. The second-order valence-electron chi connectivity index (χ2n) is 4.44. The predicted octanol–water partition coefficient (Wildman–Crippen LogP) is 2.66. The SMILES string of the molecule is CCc1cccc(CC2(C(=O)O)CC2)c1. The average Bonchev–Trinajstić information content (AvgIpc) is 2.99. The number of hydrogen-bond acceptors (Lipinski definition) is 1. The van der Waals surface area contributed by atoms with Crippen LogP contribution >= 0.6 is 0 Å². The van der Waals surface area contributed by atoms with Gasteiger partial charge in [0.1, 0.15) is 0 Å². The fourth-order valence-electron chi connectivity index (χ4n) is 1.97. The van der Waals surface area contributed by atoms with Gasteiger partial charge < -0.3 is 5.11 Å². The minimum absolute atomic E-state index is 0.438. The highest BCUT2D eigenvalue weighted by Crippen LogP contribution is 2.48. The molecule has 0 saturated heterocycles. The second kappa shape index (κ2) is 3.69. The summed E-state index contributed by atoms with van der Waals surface area (Å²) in [5.41, 5.74) is 2.01. The van der Waals surface area contributed by atoms with Crippen molar-refractivity contribution in [2.45, 2.75) is 32.6 Å². The van der Waals surface area contributed by atoms with E-state index in [1.807, 2.05) is 12.1 Å². The summed E-state index contributed by atoms with van der Waals surface area (Å²) >= 11 is 0. The second-order valence-corrected chi connectivity index (χ2v) is 4.44. The van der Waals surface area contributed by atoms with Gasteiger partial charge in [-0.25, -0.2) is 0 Å². The van der Waals surface area contributed by atoms with Crippen LogP contribution < -0.4 is 0 Å². The molecule has 2 nitrogen and oxygen atoms in total. The van der Waals surface area contributed by atoms with Crippen LogP contribution in [0.4, 0.5) is 0 Å². The maximum absolute atomic E-state index is 11.0. The van der Waals surface area contributed by atoms with Crippen LogP contribution in [0.25, 0.3) is 0 Å². The van der Waals surface area contributed by atoms with Crippen LogP contribution in [0.5, 0.6) is 0 Å². The molecule has 2 rings (SSSR count). The van der Waals surface area contributed by atoms with Gasteiger partial charge in [0.15, 0.2) is 0 Å². The first-order valence-corrected chi connectivity index (χ1v) is 5.47. The molecule has 2 heteroatoms.